The van der Waals surface area contributed by atoms with E-state index < -0.39 is 0 Å². The number of aromatic nitrogens is 4. The molecule has 2 N–H and O–H groups in total. The summed E-state index contributed by atoms with van der Waals surface area (Å²) in [5.74, 6) is 1.17. The van der Waals surface area contributed by atoms with Crippen molar-refractivity contribution in [1.82, 2.24) is 24.9 Å². The second-order valence-electron chi connectivity index (χ2n) is 7.08. The molecule has 0 saturated heterocycles. The molecular formula is C17H25N5O. The quantitative estimate of drug-likeness (QED) is 0.846. The average molecular weight is 315 g/mol. The molecule has 0 amide bonds. The summed E-state index contributed by atoms with van der Waals surface area (Å²) in [5.41, 5.74) is 2.43. The number of hydrogen-bond acceptors (Lipinski definition) is 4. The highest BCUT2D eigenvalue weighted by Crippen LogP contribution is 2.39. The smallest absolute Gasteiger partial charge is 0.0696 e. The van der Waals surface area contributed by atoms with E-state index in [1.54, 1.807) is 6.20 Å². The Morgan fingerprint density at radius 3 is 2.96 bits per heavy atom. The number of aliphatic hydroxyl groups is 1. The van der Waals surface area contributed by atoms with Gasteiger partial charge in [0, 0.05) is 44.5 Å². The van der Waals surface area contributed by atoms with Gasteiger partial charge in [-0.05, 0) is 43.7 Å². The van der Waals surface area contributed by atoms with E-state index in [0.717, 1.165) is 25.9 Å². The van der Waals surface area contributed by atoms with Gasteiger partial charge in [-0.15, -0.1) is 0 Å². The van der Waals surface area contributed by atoms with Gasteiger partial charge in [0.1, 0.15) is 0 Å². The first-order valence-corrected chi connectivity index (χ1v) is 8.60. The maximum Gasteiger partial charge on any atom is 0.0696 e. The van der Waals surface area contributed by atoms with Gasteiger partial charge in [0.2, 0.25) is 0 Å². The highest BCUT2D eigenvalue weighted by Gasteiger charge is 2.33. The highest BCUT2D eigenvalue weighted by atomic mass is 16.3. The molecule has 2 fully saturated rings. The lowest BCUT2D eigenvalue weighted by molar-refractivity contribution is 0.145. The van der Waals surface area contributed by atoms with Crippen molar-refractivity contribution in [2.45, 2.75) is 56.8 Å². The molecular weight excluding hydrogens is 290 g/mol. The van der Waals surface area contributed by atoms with E-state index >= 15 is 0 Å². The lowest BCUT2D eigenvalue weighted by Crippen LogP contribution is -2.35. The van der Waals surface area contributed by atoms with Crippen molar-refractivity contribution in [3.63, 3.8) is 0 Å². The van der Waals surface area contributed by atoms with Crippen molar-refractivity contribution in [3.8, 4) is 0 Å². The SMILES string of the molecule is Cn1nc(C2CC2)cc1CN[C@@H]1CC(Cn2cccn2)C[C@H]1O. The lowest BCUT2D eigenvalue weighted by atomic mass is 10.1. The maximum absolute atomic E-state index is 10.3. The molecule has 0 aromatic carbocycles. The van der Waals surface area contributed by atoms with Crippen LogP contribution in [0.5, 0.6) is 0 Å². The molecule has 6 nitrogen and oxygen atoms in total. The number of nitrogens with zero attached hydrogens (tertiary/aromatic N) is 4. The van der Waals surface area contributed by atoms with Crippen molar-refractivity contribution in [2.75, 3.05) is 0 Å². The number of rotatable bonds is 6. The van der Waals surface area contributed by atoms with Gasteiger partial charge in [0.25, 0.3) is 0 Å². The fraction of sp³-hybridized carbons (Fsp3) is 0.647. The normalized spacial score (nSPS) is 27.7. The molecule has 2 saturated carbocycles. The van der Waals surface area contributed by atoms with Crippen LogP contribution in [0.15, 0.2) is 24.5 Å². The molecule has 2 aliphatic carbocycles. The van der Waals surface area contributed by atoms with Crippen molar-refractivity contribution in [3.05, 3.63) is 35.9 Å². The third-order valence-electron chi connectivity index (χ3n) is 5.17. The minimum Gasteiger partial charge on any atom is -0.391 e. The molecule has 1 unspecified atom stereocenters. The monoisotopic (exact) mass is 315 g/mol. The Labute approximate surface area is 136 Å². The Morgan fingerprint density at radius 1 is 1.35 bits per heavy atom. The summed E-state index contributed by atoms with van der Waals surface area (Å²) >= 11 is 0. The summed E-state index contributed by atoms with van der Waals surface area (Å²) in [7, 11) is 2.01. The van der Waals surface area contributed by atoms with Crippen LogP contribution < -0.4 is 5.32 Å². The van der Waals surface area contributed by atoms with Crippen molar-refractivity contribution in [2.24, 2.45) is 13.0 Å². The molecule has 0 spiro atoms. The molecule has 2 aromatic heterocycles. The van der Waals surface area contributed by atoms with Crippen LogP contribution in [0.3, 0.4) is 0 Å². The lowest BCUT2D eigenvalue weighted by Gasteiger charge is -2.16. The van der Waals surface area contributed by atoms with E-state index in [1.807, 2.05) is 28.7 Å². The van der Waals surface area contributed by atoms with E-state index in [9.17, 15) is 5.11 Å². The Balaban J connectivity index is 1.32. The third kappa shape index (κ3) is 3.33. The summed E-state index contributed by atoms with van der Waals surface area (Å²) in [6, 6.07) is 4.32. The van der Waals surface area contributed by atoms with E-state index in [0.29, 0.717) is 11.8 Å². The van der Waals surface area contributed by atoms with E-state index in [1.165, 1.54) is 24.2 Å². The van der Waals surface area contributed by atoms with E-state index in [4.69, 9.17) is 0 Å². The van der Waals surface area contributed by atoms with Gasteiger partial charge in [-0.25, -0.2) is 0 Å². The molecule has 2 aliphatic rings. The van der Waals surface area contributed by atoms with Crippen molar-refractivity contribution >= 4 is 0 Å². The molecule has 0 bridgehead atoms. The second-order valence-corrected chi connectivity index (χ2v) is 7.08. The van der Waals surface area contributed by atoms with Gasteiger partial charge in [0.05, 0.1) is 17.5 Å². The van der Waals surface area contributed by atoms with Crippen molar-refractivity contribution < 1.29 is 5.11 Å². The fourth-order valence-corrected chi connectivity index (χ4v) is 3.67. The Bertz CT molecular complexity index is 646. The second kappa shape index (κ2) is 6.09. The number of hydrogen-bond donors (Lipinski definition) is 2. The molecule has 0 aliphatic heterocycles. The molecule has 0 radical (unpaired) electrons. The minimum absolute atomic E-state index is 0.162. The molecule has 2 aromatic rings. The van der Waals surface area contributed by atoms with Gasteiger partial charge >= 0.3 is 0 Å². The van der Waals surface area contributed by atoms with Gasteiger partial charge in [-0.1, -0.05) is 0 Å². The Kier molecular flexibility index (Phi) is 3.95. The van der Waals surface area contributed by atoms with Crippen LogP contribution in [0.2, 0.25) is 0 Å². The Hall–Kier alpha value is -1.66. The first-order valence-electron chi connectivity index (χ1n) is 8.60. The predicted octanol–water partition coefficient (Wildman–Crippen LogP) is 1.42. The predicted molar refractivity (Wildman–Crippen MR) is 86.8 cm³/mol. The fourth-order valence-electron chi connectivity index (χ4n) is 3.67. The third-order valence-corrected chi connectivity index (χ3v) is 5.17. The van der Waals surface area contributed by atoms with Crippen LogP contribution in [-0.2, 0) is 20.1 Å². The number of aryl methyl sites for hydroxylation is 1. The summed E-state index contributed by atoms with van der Waals surface area (Å²) in [6.07, 6.45) is 7.92. The molecule has 23 heavy (non-hydrogen) atoms. The molecule has 3 atom stereocenters. The average Bonchev–Trinajstić information content (AvgIpc) is 2.96. The topological polar surface area (TPSA) is 67.9 Å². The van der Waals surface area contributed by atoms with Gasteiger partial charge in [-0.3, -0.25) is 9.36 Å². The summed E-state index contributed by atoms with van der Waals surface area (Å²) in [6.45, 7) is 1.66. The standard InChI is InChI=1S/C17H25N5O/c1-21-14(9-15(20-21)13-3-4-13)10-18-16-7-12(8-17(16)23)11-22-6-2-5-19-22/h2,5-6,9,12-13,16-18,23H,3-4,7-8,10-11H2,1H3/t12?,16-,17-/m1/s1. The molecule has 4 rings (SSSR count). The maximum atomic E-state index is 10.3. The van der Waals surface area contributed by atoms with Crippen LogP contribution >= 0.6 is 0 Å². The minimum atomic E-state index is -0.272. The number of aliphatic hydroxyl groups excluding tert-OH is 1. The van der Waals surface area contributed by atoms with E-state index in [2.05, 4.69) is 21.6 Å². The van der Waals surface area contributed by atoms with Crippen LogP contribution in [0.25, 0.3) is 0 Å². The van der Waals surface area contributed by atoms with E-state index in [-0.39, 0.29) is 12.1 Å². The Morgan fingerprint density at radius 2 is 2.22 bits per heavy atom. The van der Waals surface area contributed by atoms with Gasteiger partial charge in [-0.2, -0.15) is 10.2 Å². The summed E-state index contributed by atoms with van der Waals surface area (Å²) in [5, 5.41) is 22.7. The zero-order valence-corrected chi connectivity index (χ0v) is 13.6. The molecule has 6 heteroatoms. The van der Waals surface area contributed by atoms with Crippen molar-refractivity contribution in [1.29, 1.82) is 0 Å². The number of nitrogens with one attached hydrogen (secondary N) is 1. The molecule has 2 heterocycles. The first-order chi connectivity index (χ1) is 11.2. The van der Waals surface area contributed by atoms with Gasteiger partial charge in [0.15, 0.2) is 0 Å². The highest BCUT2D eigenvalue weighted by molar-refractivity contribution is 5.18. The first kappa shape index (κ1) is 14.9. The van der Waals surface area contributed by atoms with Crippen LogP contribution in [0, 0.1) is 5.92 Å². The van der Waals surface area contributed by atoms with Crippen LogP contribution in [0.1, 0.15) is 43.0 Å². The molecule has 124 valence electrons. The zero-order chi connectivity index (χ0) is 15.8. The van der Waals surface area contributed by atoms with Gasteiger partial charge < -0.3 is 10.4 Å². The summed E-state index contributed by atoms with van der Waals surface area (Å²) in [4.78, 5) is 0. The summed E-state index contributed by atoms with van der Waals surface area (Å²) < 4.78 is 3.94. The zero-order valence-electron chi connectivity index (χ0n) is 13.6. The van der Waals surface area contributed by atoms with Crippen LogP contribution in [0.4, 0.5) is 0 Å². The largest absolute Gasteiger partial charge is 0.391 e. The van der Waals surface area contributed by atoms with Crippen LogP contribution in [-0.4, -0.2) is 36.8 Å².